The van der Waals surface area contributed by atoms with Gasteiger partial charge in [0.25, 0.3) is 0 Å². The van der Waals surface area contributed by atoms with Crippen LogP contribution in [0.25, 0.3) is 0 Å². The topological polar surface area (TPSA) is 55.1 Å². The Hall–Kier alpha value is -1.51. The number of hydrogen-bond acceptors (Lipinski definition) is 2. The average molecular weight is 192 g/mol. The van der Waals surface area contributed by atoms with E-state index in [4.69, 9.17) is 5.73 Å². The van der Waals surface area contributed by atoms with Crippen molar-refractivity contribution in [3.8, 4) is 0 Å². The van der Waals surface area contributed by atoms with E-state index in [1.165, 1.54) is 0 Å². The quantitative estimate of drug-likeness (QED) is 0.707. The first-order valence-corrected chi connectivity index (χ1v) is 4.83. The first-order chi connectivity index (χ1) is 6.72. The van der Waals surface area contributed by atoms with Crippen LogP contribution in [-0.2, 0) is 11.2 Å². The molecule has 14 heavy (non-hydrogen) atoms. The second kappa shape index (κ2) is 5.27. The van der Waals surface area contributed by atoms with Crippen LogP contribution in [0.1, 0.15) is 18.9 Å². The molecule has 0 atom stereocenters. The maximum Gasteiger partial charge on any atom is 0.224 e. The molecule has 0 saturated heterocycles. The van der Waals surface area contributed by atoms with Gasteiger partial charge in [-0.2, -0.15) is 0 Å². The van der Waals surface area contributed by atoms with Crippen molar-refractivity contribution in [1.29, 1.82) is 0 Å². The fourth-order valence-corrected chi connectivity index (χ4v) is 1.22. The number of nitrogen functional groups attached to an aromatic ring is 1. The van der Waals surface area contributed by atoms with E-state index in [1.807, 2.05) is 31.2 Å². The fraction of sp³-hybridized carbons (Fsp3) is 0.364. The molecular formula is C11H16N2O. The molecule has 76 valence electrons. The van der Waals surface area contributed by atoms with Gasteiger partial charge in [0.05, 0.1) is 6.42 Å². The molecule has 1 rings (SSSR count). The monoisotopic (exact) mass is 192 g/mol. The molecule has 0 aromatic heterocycles. The molecule has 0 fully saturated rings. The Morgan fingerprint density at radius 1 is 1.50 bits per heavy atom. The molecule has 0 spiro atoms. The summed E-state index contributed by atoms with van der Waals surface area (Å²) in [6.07, 6.45) is 1.37. The summed E-state index contributed by atoms with van der Waals surface area (Å²) in [6.45, 7) is 2.77. The van der Waals surface area contributed by atoms with Crippen LogP contribution in [0.5, 0.6) is 0 Å². The summed E-state index contributed by atoms with van der Waals surface area (Å²) in [4.78, 5) is 11.3. The largest absolute Gasteiger partial charge is 0.399 e. The Labute approximate surface area is 84.3 Å². The van der Waals surface area contributed by atoms with Gasteiger partial charge in [-0.1, -0.05) is 19.1 Å². The number of hydrogen-bond donors (Lipinski definition) is 2. The number of benzene rings is 1. The third-order valence-corrected chi connectivity index (χ3v) is 1.89. The summed E-state index contributed by atoms with van der Waals surface area (Å²) in [5.41, 5.74) is 7.26. The summed E-state index contributed by atoms with van der Waals surface area (Å²) in [5, 5.41) is 2.82. The van der Waals surface area contributed by atoms with Crippen molar-refractivity contribution in [3.63, 3.8) is 0 Å². The van der Waals surface area contributed by atoms with Gasteiger partial charge in [0.15, 0.2) is 0 Å². The molecular weight excluding hydrogens is 176 g/mol. The number of carbonyl (C=O) groups excluding carboxylic acids is 1. The van der Waals surface area contributed by atoms with Crippen LogP contribution >= 0.6 is 0 Å². The van der Waals surface area contributed by atoms with Gasteiger partial charge in [0.2, 0.25) is 5.91 Å². The molecule has 1 amide bonds. The first kappa shape index (κ1) is 10.6. The van der Waals surface area contributed by atoms with Gasteiger partial charge in [0, 0.05) is 12.2 Å². The van der Waals surface area contributed by atoms with Crippen molar-refractivity contribution < 1.29 is 4.79 Å². The zero-order valence-electron chi connectivity index (χ0n) is 8.42. The molecule has 3 nitrogen and oxygen atoms in total. The third kappa shape index (κ3) is 3.47. The van der Waals surface area contributed by atoms with Crippen molar-refractivity contribution in [3.05, 3.63) is 29.8 Å². The second-order valence-corrected chi connectivity index (χ2v) is 3.27. The van der Waals surface area contributed by atoms with Gasteiger partial charge in [-0.3, -0.25) is 4.79 Å². The van der Waals surface area contributed by atoms with Crippen LogP contribution in [0.15, 0.2) is 24.3 Å². The highest BCUT2D eigenvalue weighted by Gasteiger charge is 2.01. The molecule has 0 radical (unpaired) electrons. The average Bonchev–Trinajstić information content (AvgIpc) is 2.15. The van der Waals surface area contributed by atoms with Crippen LogP contribution in [0.3, 0.4) is 0 Å². The predicted molar refractivity (Wildman–Crippen MR) is 57.9 cm³/mol. The molecule has 3 N–H and O–H groups in total. The fourth-order valence-electron chi connectivity index (χ4n) is 1.22. The van der Waals surface area contributed by atoms with Crippen molar-refractivity contribution in [2.45, 2.75) is 19.8 Å². The normalized spacial score (nSPS) is 9.79. The van der Waals surface area contributed by atoms with E-state index in [1.54, 1.807) is 0 Å². The van der Waals surface area contributed by atoms with Crippen molar-refractivity contribution >= 4 is 11.6 Å². The summed E-state index contributed by atoms with van der Waals surface area (Å²) >= 11 is 0. The number of carbonyl (C=O) groups is 1. The molecule has 1 aromatic rings. The van der Waals surface area contributed by atoms with Gasteiger partial charge >= 0.3 is 0 Å². The number of rotatable bonds is 4. The van der Waals surface area contributed by atoms with Crippen LogP contribution < -0.4 is 11.1 Å². The molecule has 3 heteroatoms. The Balaban J connectivity index is 2.47. The SMILES string of the molecule is CCCNC(=O)Cc1cccc(N)c1. The first-order valence-electron chi connectivity index (χ1n) is 4.83. The molecule has 0 aliphatic rings. The highest BCUT2D eigenvalue weighted by Crippen LogP contribution is 2.06. The molecule has 0 unspecified atom stereocenters. The van der Waals surface area contributed by atoms with E-state index in [0.29, 0.717) is 12.1 Å². The van der Waals surface area contributed by atoms with Crippen molar-refractivity contribution in [1.82, 2.24) is 5.32 Å². The maximum atomic E-state index is 11.3. The van der Waals surface area contributed by atoms with E-state index in [0.717, 1.165) is 18.5 Å². The predicted octanol–water partition coefficient (Wildman–Crippen LogP) is 1.34. The smallest absolute Gasteiger partial charge is 0.224 e. The minimum atomic E-state index is 0.0532. The molecule has 0 aliphatic heterocycles. The van der Waals surface area contributed by atoms with Gasteiger partial charge in [-0.15, -0.1) is 0 Å². The maximum absolute atomic E-state index is 11.3. The lowest BCUT2D eigenvalue weighted by molar-refractivity contribution is -0.120. The summed E-state index contributed by atoms with van der Waals surface area (Å²) in [5.74, 6) is 0.0532. The second-order valence-electron chi connectivity index (χ2n) is 3.27. The summed E-state index contributed by atoms with van der Waals surface area (Å²) in [7, 11) is 0. The van der Waals surface area contributed by atoms with E-state index >= 15 is 0 Å². The number of nitrogens with two attached hydrogens (primary N) is 1. The number of amides is 1. The molecule has 0 bridgehead atoms. The number of anilines is 1. The Bertz CT molecular complexity index is 310. The highest BCUT2D eigenvalue weighted by atomic mass is 16.1. The molecule has 0 heterocycles. The van der Waals surface area contributed by atoms with Crippen molar-refractivity contribution in [2.75, 3.05) is 12.3 Å². The Kier molecular flexibility index (Phi) is 3.98. The summed E-state index contributed by atoms with van der Waals surface area (Å²) in [6, 6.07) is 7.40. The summed E-state index contributed by atoms with van der Waals surface area (Å²) < 4.78 is 0. The van der Waals surface area contributed by atoms with Crippen LogP contribution in [-0.4, -0.2) is 12.5 Å². The lowest BCUT2D eigenvalue weighted by Crippen LogP contribution is -2.25. The zero-order valence-corrected chi connectivity index (χ0v) is 8.42. The Morgan fingerprint density at radius 3 is 2.93 bits per heavy atom. The van der Waals surface area contributed by atoms with Crippen LogP contribution in [0.4, 0.5) is 5.69 Å². The van der Waals surface area contributed by atoms with E-state index in [9.17, 15) is 4.79 Å². The third-order valence-electron chi connectivity index (χ3n) is 1.89. The highest BCUT2D eigenvalue weighted by molar-refractivity contribution is 5.78. The van der Waals surface area contributed by atoms with Gasteiger partial charge < -0.3 is 11.1 Å². The zero-order chi connectivity index (χ0) is 10.4. The molecule has 1 aromatic carbocycles. The van der Waals surface area contributed by atoms with E-state index in [2.05, 4.69) is 5.32 Å². The standard InChI is InChI=1S/C11H16N2O/c1-2-6-13-11(14)8-9-4-3-5-10(12)7-9/h3-5,7H,2,6,8,12H2,1H3,(H,13,14). The number of nitrogens with one attached hydrogen (secondary N) is 1. The lowest BCUT2D eigenvalue weighted by atomic mass is 10.1. The van der Waals surface area contributed by atoms with Crippen LogP contribution in [0.2, 0.25) is 0 Å². The van der Waals surface area contributed by atoms with Gasteiger partial charge in [-0.25, -0.2) is 0 Å². The van der Waals surface area contributed by atoms with E-state index in [-0.39, 0.29) is 5.91 Å². The van der Waals surface area contributed by atoms with Crippen molar-refractivity contribution in [2.24, 2.45) is 0 Å². The lowest BCUT2D eigenvalue weighted by Gasteiger charge is -2.03. The molecule has 0 aliphatic carbocycles. The van der Waals surface area contributed by atoms with Gasteiger partial charge in [-0.05, 0) is 24.1 Å². The van der Waals surface area contributed by atoms with E-state index < -0.39 is 0 Å². The van der Waals surface area contributed by atoms with Gasteiger partial charge in [0.1, 0.15) is 0 Å². The Morgan fingerprint density at radius 2 is 2.29 bits per heavy atom. The minimum absolute atomic E-state index is 0.0532. The van der Waals surface area contributed by atoms with Crippen LogP contribution in [0, 0.1) is 0 Å². The minimum Gasteiger partial charge on any atom is -0.399 e. The molecule has 0 saturated carbocycles.